The molecule has 0 saturated heterocycles. The van der Waals surface area contributed by atoms with Gasteiger partial charge >= 0.3 is 0 Å². The molecule has 2 nitrogen and oxygen atoms in total. The lowest BCUT2D eigenvalue weighted by Gasteiger charge is -2.13. The normalized spacial score (nSPS) is 20.4. The molecule has 0 atom stereocenters. The van der Waals surface area contributed by atoms with Crippen LogP contribution in [0.1, 0.15) is 51.4 Å². The maximum Gasteiger partial charge on any atom is 0.236 e. The molecule has 0 aromatic rings. The summed E-state index contributed by atoms with van der Waals surface area (Å²) in [4.78, 5) is 11.2. The van der Waals surface area contributed by atoms with E-state index in [2.05, 4.69) is 5.32 Å². The number of amides is 1. The summed E-state index contributed by atoms with van der Waals surface area (Å²) < 4.78 is 0. The molecule has 0 heterocycles. The predicted molar refractivity (Wildman–Crippen MR) is 60.9 cm³/mol. The Kier molecular flexibility index (Phi) is 5.73. The average Bonchev–Trinajstić information content (AvgIpc) is 2.31. The smallest absolute Gasteiger partial charge is 0.236 e. The first-order valence-corrected chi connectivity index (χ1v) is 5.89. The predicted octanol–water partition coefficient (Wildman–Crippen LogP) is 2.95. The molecule has 1 aliphatic rings. The SMILES string of the molecule is CNC(=O)[B]C1CCCCCCCC1. The van der Waals surface area contributed by atoms with E-state index in [0.29, 0.717) is 5.82 Å². The van der Waals surface area contributed by atoms with Crippen LogP contribution in [0.4, 0.5) is 4.79 Å². The second kappa shape index (κ2) is 6.91. The van der Waals surface area contributed by atoms with Gasteiger partial charge in [-0.1, -0.05) is 57.2 Å². The molecule has 79 valence electrons. The van der Waals surface area contributed by atoms with Crippen molar-refractivity contribution in [2.45, 2.75) is 57.2 Å². The van der Waals surface area contributed by atoms with Crippen molar-refractivity contribution < 1.29 is 4.79 Å². The van der Waals surface area contributed by atoms with Gasteiger partial charge in [-0.3, -0.25) is 4.79 Å². The molecule has 0 aliphatic heterocycles. The molecule has 3 heteroatoms. The topological polar surface area (TPSA) is 29.1 Å². The summed E-state index contributed by atoms with van der Waals surface area (Å²) in [5, 5.41) is 2.67. The summed E-state index contributed by atoms with van der Waals surface area (Å²) in [7, 11) is 3.58. The van der Waals surface area contributed by atoms with Crippen LogP contribution in [0.3, 0.4) is 0 Å². The van der Waals surface area contributed by atoms with Gasteiger partial charge in [-0.25, -0.2) is 0 Å². The van der Waals surface area contributed by atoms with Crippen LogP contribution in [0.2, 0.25) is 5.82 Å². The van der Waals surface area contributed by atoms with Crippen molar-refractivity contribution in [3.05, 3.63) is 0 Å². The van der Waals surface area contributed by atoms with Crippen LogP contribution in [-0.4, -0.2) is 20.1 Å². The zero-order valence-corrected chi connectivity index (χ0v) is 9.22. The highest BCUT2D eigenvalue weighted by Gasteiger charge is 2.15. The number of carbonyl (C=O) groups is 1. The summed E-state index contributed by atoms with van der Waals surface area (Å²) in [5.41, 5.74) is 0. The highest BCUT2D eigenvalue weighted by atomic mass is 16.1. The highest BCUT2D eigenvalue weighted by molar-refractivity contribution is 6.74. The number of carbonyl (C=O) groups excluding carboxylic acids is 1. The number of nitrogens with one attached hydrogen (secondary N) is 1. The summed E-state index contributed by atoms with van der Waals surface area (Å²) >= 11 is 0. The third kappa shape index (κ3) is 4.68. The monoisotopic (exact) mass is 194 g/mol. The van der Waals surface area contributed by atoms with Gasteiger partial charge in [0.15, 0.2) is 5.81 Å². The van der Waals surface area contributed by atoms with Crippen LogP contribution >= 0.6 is 0 Å². The number of rotatable bonds is 2. The van der Waals surface area contributed by atoms with Crippen LogP contribution < -0.4 is 5.32 Å². The Hall–Kier alpha value is -0.465. The summed E-state index contributed by atoms with van der Waals surface area (Å²) in [6.45, 7) is 0. The van der Waals surface area contributed by atoms with Gasteiger partial charge in [0.05, 0.1) is 0 Å². The molecule has 0 spiro atoms. The van der Waals surface area contributed by atoms with Crippen molar-refractivity contribution in [3.63, 3.8) is 0 Å². The lowest BCUT2D eigenvalue weighted by Crippen LogP contribution is -2.26. The molecule has 0 bridgehead atoms. The second-order valence-corrected chi connectivity index (χ2v) is 4.24. The summed E-state index contributed by atoms with van der Waals surface area (Å²) in [6.07, 6.45) is 10.4. The lowest BCUT2D eigenvalue weighted by molar-refractivity contribution is 0.260. The van der Waals surface area contributed by atoms with Crippen molar-refractivity contribution in [1.82, 2.24) is 5.32 Å². The van der Waals surface area contributed by atoms with E-state index in [1.54, 1.807) is 7.05 Å². The van der Waals surface area contributed by atoms with Gasteiger partial charge in [-0.05, 0) is 0 Å². The number of hydrogen-bond donors (Lipinski definition) is 1. The van der Waals surface area contributed by atoms with E-state index in [1.165, 1.54) is 51.4 Å². The van der Waals surface area contributed by atoms with Crippen molar-refractivity contribution in [2.75, 3.05) is 7.05 Å². The summed E-state index contributed by atoms with van der Waals surface area (Å²) in [6, 6.07) is 0. The highest BCUT2D eigenvalue weighted by Crippen LogP contribution is 2.25. The Morgan fingerprint density at radius 1 is 1.07 bits per heavy atom. The Morgan fingerprint density at radius 3 is 2.07 bits per heavy atom. The first-order chi connectivity index (χ1) is 6.83. The minimum absolute atomic E-state index is 0.0919. The van der Waals surface area contributed by atoms with Crippen molar-refractivity contribution in [1.29, 1.82) is 0 Å². The van der Waals surface area contributed by atoms with Gasteiger partial charge in [0.25, 0.3) is 0 Å². The van der Waals surface area contributed by atoms with E-state index >= 15 is 0 Å². The fraction of sp³-hybridized carbons (Fsp3) is 0.909. The Balaban J connectivity index is 2.28. The maximum atomic E-state index is 11.2. The second-order valence-electron chi connectivity index (χ2n) is 4.24. The molecule has 1 fully saturated rings. The van der Waals surface area contributed by atoms with Gasteiger partial charge in [-0.2, -0.15) is 0 Å². The number of hydrogen-bond acceptors (Lipinski definition) is 1. The van der Waals surface area contributed by atoms with Crippen molar-refractivity contribution in [2.24, 2.45) is 0 Å². The third-order valence-electron chi connectivity index (χ3n) is 3.03. The molecule has 0 aromatic carbocycles. The first kappa shape index (κ1) is 11.6. The van der Waals surface area contributed by atoms with Crippen molar-refractivity contribution in [3.8, 4) is 0 Å². The van der Waals surface area contributed by atoms with E-state index in [0.717, 1.165) is 0 Å². The van der Waals surface area contributed by atoms with E-state index in [-0.39, 0.29) is 5.81 Å². The van der Waals surface area contributed by atoms with Crippen LogP contribution in [0, 0.1) is 0 Å². The Morgan fingerprint density at radius 2 is 1.57 bits per heavy atom. The molecule has 1 radical (unpaired) electrons. The molecule has 1 aliphatic carbocycles. The van der Waals surface area contributed by atoms with Gasteiger partial charge < -0.3 is 5.32 Å². The van der Waals surface area contributed by atoms with Gasteiger partial charge in [0.1, 0.15) is 0 Å². The van der Waals surface area contributed by atoms with Gasteiger partial charge in [-0.15, -0.1) is 0 Å². The van der Waals surface area contributed by atoms with Crippen LogP contribution in [0.25, 0.3) is 0 Å². The minimum atomic E-state index is 0.0919. The first-order valence-electron chi connectivity index (χ1n) is 5.89. The van der Waals surface area contributed by atoms with Crippen LogP contribution in [0.15, 0.2) is 0 Å². The van der Waals surface area contributed by atoms with E-state index in [4.69, 9.17) is 0 Å². The van der Waals surface area contributed by atoms with Crippen LogP contribution in [-0.2, 0) is 0 Å². The zero-order valence-electron chi connectivity index (χ0n) is 9.22. The molecular formula is C11H21BNO. The Labute approximate surface area is 88.1 Å². The van der Waals surface area contributed by atoms with E-state index < -0.39 is 0 Å². The zero-order chi connectivity index (χ0) is 10.2. The molecular weight excluding hydrogens is 173 g/mol. The molecule has 1 rings (SSSR count). The maximum absolute atomic E-state index is 11.2. The largest absolute Gasteiger partial charge is 0.368 e. The quantitative estimate of drug-likeness (QED) is 0.672. The average molecular weight is 194 g/mol. The third-order valence-corrected chi connectivity index (χ3v) is 3.03. The fourth-order valence-corrected chi connectivity index (χ4v) is 2.13. The molecule has 1 N–H and O–H groups in total. The van der Waals surface area contributed by atoms with Crippen LogP contribution in [0.5, 0.6) is 0 Å². The molecule has 0 aromatic heterocycles. The minimum Gasteiger partial charge on any atom is -0.368 e. The Bertz CT molecular complexity index is 163. The van der Waals surface area contributed by atoms with Gasteiger partial charge in [0, 0.05) is 7.05 Å². The standard InChI is InChI=1S/C11H21BNO/c1-13-11(14)12-10-8-6-4-2-3-5-7-9-10/h10H,2-9H2,1H3,(H,13,14). The molecule has 0 unspecified atom stereocenters. The molecule has 1 saturated carbocycles. The van der Waals surface area contributed by atoms with Crippen molar-refractivity contribution >= 4 is 13.1 Å². The van der Waals surface area contributed by atoms with Gasteiger partial charge in [0.2, 0.25) is 7.28 Å². The molecule has 14 heavy (non-hydrogen) atoms. The van der Waals surface area contributed by atoms with E-state index in [1.807, 2.05) is 7.28 Å². The lowest BCUT2D eigenvalue weighted by atomic mass is 9.60. The molecule has 1 amide bonds. The fourth-order valence-electron chi connectivity index (χ4n) is 2.13. The summed E-state index contributed by atoms with van der Waals surface area (Å²) in [5.74, 6) is 0.613. The van der Waals surface area contributed by atoms with E-state index in [9.17, 15) is 4.79 Å².